The molecule has 0 heterocycles. The normalized spacial score (nSPS) is 11.2. The highest BCUT2D eigenvalue weighted by molar-refractivity contribution is 7.92. The molecule has 0 saturated heterocycles. The number of benzene rings is 3. The van der Waals surface area contributed by atoms with E-state index < -0.39 is 10.0 Å². The van der Waals surface area contributed by atoms with Crippen LogP contribution in [-0.2, 0) is 10.0 Å². The van der Waals surface area contributed by atoms with E-state index in [0.717, 1.165) is 10.8 Å². The van der Waals surface area contributed by atoms with Gasteiger partial charge >= 0.3 is 0 Å². The number of rotatable bonds is 5. The fraction of sp³-hybridized carbons (Fsp3) is 0.111. The van der Waals surface area contributed by atoms with Crippen LogP contribution in [0.1, 0.15) is 0 Å². The zero-order valence-corrected chi connectivity index (χ0v) is 14.1. The number of sulfonamides is 1. The minimum Gasteiger partial charge on any atom is -0.497 e. The van der Waals surface area contributed by atoms with Gasteiger partial charge in [0.25, 0.3) is 10.0 Å². The summed E-state index contributed by atoms with van der Waals surface area (Å²) in [7, 11) is -0.695. The van der Waals surface area contributed by atoms with Crippen molar-refractivity contribution in [1.82, 2.24) is 0 Å². The predicted molar refractivity (Wildman–Crippen MR) is 94.3 cm³/mol. The van der Waals surface area contributed by atoms with Crippen molar-refractivity contribution in [2.24, 2.45) is 0 Å². The molecule has 0 bridgehead atoms. The summed E-state index contributed by atoms with van der Waals surface area (Å²) in [6.45, 7) is 0. The molecule has 5 nitrogen and oxygen atoms in total. The highest BCUT2D eigenvalue weighted by Crippen LogP contribution is 2.28. The second-order valence-corrected chi connectivity index (χ2v) is 6.90. The molecule has 3 aromatic rings. The fourth-order valence-corrected chi connectivity index (χ4v) is 3.49. The smallest absolute Gasteiger partial charge is 0.261 e. The Morgan fingerprint density at radius 1 is 0.792 bits per heavy atom. The van der Waals surface area contributed by atoms with Crippen LogP contribution >= 0.6 is 0 Å². The van der Waals surface area contributed by atoms with E-state index in [9.17, 15) is 8.42 Å². The monoisotopic (exact) mass is 343 g/mol. The van der Waals surface area contributed by atoms with Gasteiger partial charge < -0.3 is 9.47 Å². The van der Waals surface area contributed by atoms with E-state index in [1.54, 1.807) is 36.4 Å². The van der Waals surface area contributed by atoms with Crippen LogP contribution in [0.15, 0.2) is 65.6 Å². The molecule has 0 unspecified atom stereocenters. The summed E-state index contributed by atoms with van der Waals surface area (Å²) in [6, 6.07) is 17.5. The minimum absolute atomic E-state index is 0.197. The Kier molecular flexibility index (Phi) is 4.31. The van der Waals surface area contributed by atoms with E-state index in [-0.39, 0.29) is 4.90 Å². The molecule has 1 N–H and O–H groups in total. The zero-order valence-electron chi connectivity index (χ0n) is 13.3. The van der Waals surface area contributed by atoms with E-state index >= 15 is 0 Å². The van der Waals surface area contributed by atoms with Gasteiger partial charge in [-0.1, -0.05) is 30.3 Å². The molecule has 0 fully saturated rings. The van der Waals surface area contributed by atoms with Crippen molar-refractivity contribution in [3.63, 3.8) is 0 Å². The van der Waals surface area contributed by atoms with Crippen LogP contribution in [0.3, 0.4) is 0 Å². The molecular formula is C18H17NO4S. The van der Waals surface area contributed by atoms with E-state index in [1.165, 1.54) is 14.2 Å². The first-order valence-corrected chi connectivity index (χ1v) is 8.75. The summed E-state index contributed by atoms with van der Waals surface area (Å²) in [5, 5.41) is 1.85. The molecule has 0 aliphatic rings. The Hall–Kier alpha value is -2.73. The molecule has 0 atom stereocenters. The third-order valence-corrected chi connectivity index (χ3v) is 5.01. The molecule has 3 rings (SSSR count). The van der Waals surface area contributed by atoms with Gasteiger partial charge in [-0.25, -0.2) is 8.42 Å². The van der Waals surface area contributed by atoms with Gasteiger partial charge in [-0.05, 0) is 22.9 Å². The van der Waals surface area contributed by atoms with E-state index in [2.05, 4.69) is 4.72 Å². The molecule has 0 radical (unpaired) electrons. The van der Waals surface area contributed by atoms with Crippen molar-refractivity contribution in [2.45, 2.75) is 4.90 Å². The average Bonchev–Trinajstić information content (AvgIpc) is 2.60. The minimum atomic E-state index is -3.72. The van der Waals surface area contributed by atoms with E-state index in [4.69, 9.17) is 9.47 Å². The highest BCUT2D eigenvalue weighted by atomic mass is 32.2. The van der Waals surface area contributed by atoms with Gasteiger partial charge in [-0.2, -0.15) is 0 Å². The van der Waals surface area contributed by atoms with Gasteiger partial charge in [0.05, 0.1) is 24.8 Å². The molecule has 0 aromatic heterocycles. The molecular weight excluding hydrogens is 326 g/mol. The summed E-state index contributed by atoms with van der Waals surface area (Å²) in [5.41, 5.74) is 0.374. The molecule has 6 heteroatoms. The van der Waals surface area contributed by atoms with Crippen LogP contribution < -0.4 is 14.2 Å². The predicted octanol–water partition coefficient (Wildman–Crippen LogP) is 3.66. The number of hydrogen-bond acceptors (Lipinski definition) is 4. The van der Waals surface area contributed by atoms with Gasteiger partial charge in [0.1, 0.15) is 11.5 Å². The molecule has 0 spiro atoms. The first-order chi connectivity index (χ1) is 11.5. The Balaban J connectivity index is 1.98. The standard InChI is InChI=1S/C18H17NO4S/c1-22-16-10-15(11-17(12-16)23-2)19-24(20,21)18-8-7-13-5-3-4-6-14(13)9-18/h3-12,19H,1-2H3. The zero-order chi connectivity index (χ0) is 17.2. The summed E-state index contributed by atoms with van der Waals surface area (Å²) < 4.78 is 38.2. The molecule has 0 aliphatic carbocycles. The van der Waals surface area contributed by atoms with Crippen LogP contribution in [0, 0.1) is 0 Å². The van der Waals surface area contributed by atoms with Crippen molar-refractivity contribution in [3.05, 3.63) is 60.7 Å². The topological polar surface area (TPSA) is 64.6 Å². The lowest BCUT2D eigenvalue weighted by molar-refractivity contribution is 0.395. The van der Waals surface area contributed by atoms with Crippen molar-refractivity contribution in [3.8, 4) is 11.5 Å². The number of nitrogens with one attached hydrogen (secondary N) is 1. The Labute approximate surface area is 140 Å². The second kappa shape index (κ2) is 6.41. The van der Waals surface area contributed by atoms with E-state index in [1.807, 2.05) is 24.3 Å². The molecule has 124 valence electrons. The lowest BCUT2D eigenvalue weighted by Crippen LogP contribution is -2.13. The summed E-state index contributed by atoms with van der Waals surface area (Å²) >= 11 is 0. The number of ether oxygens (including phenoxy) is 2. The van der Waals surface area contributed by atoms with Gasteiger partial charge in [-0.3, -0.25) is 4.72 Å². The van der Waals surface area contributed by atoms with Crippen LogP contribution in [0.4, 0.5) is 5.69 Å². The number of anilines is 1. The fourth-order valence-electron chi connectivity index (χ4n) is 2.42. The lowest BCUT2D eigenvalue weighted by atomic mass is 10.1. The Morgan fingerprint density at radius 2 is 1.42 bits per heavy atom. The average molecular weight is 343 g/mol. The van der Waals surface area contributed by atoms with Crippen LogP contribution in [0.2, 0.25) is 0 Å². The highest BCUT2D eigenvalue weighted by Gasteiger charge is 2.16. The molecule has 24 heavy (non-hydrogen) atoms. The molecule has 3 aromatic carbocycles. The maximum Gasteiger partial charge on any atom is 0.261 e. The Bertz CT molecular complexity index is 961. The van der Waals surface area contributed by atoms with Crippen molar-refractivity contribution in [1.29, 1.82) is 0 Å². The Morgan fingerprint density at radius 3 is 2.04 bits per heavy atom. The SMILES string of the molecule is COc1cc(NS(=O)(=O)c2ccc3ccccc3c2)cc(OC)c1. The largest absolute Gasteiger partial charge is 0.497 e. The maximum atomic E-state index is 12.7. The quantitative estimate of drug-likeness (QED) is 0.768. The van der Waals surface area contributed by atoms with Crippen LogP contribution in [0.5, 0.6) is 11.5 Å². The third kappa shape index (κ3) is 3.28. The first kappa shape index (κ1) is 16.1. The van der Waals surface area contributed by atoms with Crippen molar-refractivity contribution in [2.75, 3.05) is 18.9 Å². The first-order valence-electron chi connectivity index (χ1n) is 7.26. The number of fused-ring (bicyclic) bond motifs is 1. The second-order valence-electron chi connectivity index (χ2n) is 5.22. The maximum absolute atomic E-state index is 12.7. The molecule has 0 saturated carbocycles. The number of methoxy groups -OCH3 is 2. The van der Waals surface area contributed by atoms with Crippen LogP contribution in [-0.4, -0.2) is 22.6 Å². The van der Waals surface area contributed by atoms with Gasteiger partial charge in [0, 0.05) is 18.2 Å². The van der Waals surface area contributed by atoms with Crippen molar-refractivity contribution < 1.29 is 17.9 Å². The van der Waals surface area contributed by atoms with Gasteiger partial charge in [0.2, 0.25) is 0 Å². The van der Waals surface area contributed by atoms with Gasteiger partial charge in [0.15, 0.2) is 0 Å². The van der Waals surface area contributed by atoms with Crippen molar-refractivity contribution >= 4 is 26.5 Å². The number of hydrogen-bond donors (Lipinski definition) is 1. The molecule has 0 amide bonds. The summed E-state index contributed by atoms with van der Waals surface area (Å²) in [6.07, 6.45) is 0. The molecule has 0 aliphatic heterocycles. The van der Waals surface area contributed by atoms with Crippen LogP contribution in [0.25, 0.3) is 10.8 Å². The lowest BCUT2D eigenvalue weighted by Gasteiger charge is -2.12. The third-order valence-electron chi connectivity index (χ3n) is 3.63. The van der Waals surface area contributed by atoms with E-state index in [0.29, 0.717) is 17.2 Å². The van der Waals surface area contributed by atoms with Gasteiger partial charge in [-0.15, -0.1) is 0 Å². The summed E-state index contributed by atoms with van der Waals surface area (Å²) in [5.74, 6) is 1.01. The summed E-state index contributed by atoms with van der Waals surface area (Å²) in [4.78, 5) is 0.197.